The van der Waals surface area contributed by atoms with E-state index >= 15 is 0 Å². The molecule has 0 saturated heterocycles. The summed E-state index contributed by atoms with van der Waals surface area (Å²) in [5.41, 5.74) is 4.66. The lowest BCUT2D eigenvalue weighted by molar-refractivity contribution is -0.274. The molecule has 1 aliphatic heterocycles. The van der Waals surface area contributed by atoms with E-state index in [1.54, 1.807) is 24.3 Å². The molecule has 1 aliphatic carbocycles. The van der Waals surface area contributed by atoms with Gasteiger partial charge in [0.1, 0.15) is 22.9 Å². The van der Waals surface area contributed by atoms with Crippen molar-refractivity contribution in [3.05, 3.63) is 82.7 Å². The molecular weight excluding hydrogens is 472 g/mol. The predicted molar refractivity (Wildman–Crippen MR) is 129 cm³/mol. The molecular formula is C29H28F4O3. The van der Waals surface area contributed by atoms with Gasteiger partial charge in [0.2, 0.25) is 0 Å². The van der Waals surface area contributed by atoms with Crippen LogP contribution in [0.5, 0.6) is 11.5 Å². The number of fused-ring (bicyclic) bond motifs is 1. The van der Waals surface area contributed by atoms with Crippen molar-refractivity contribution in [3.63, 3.8) is 0 Å². The smallest absolute Gasteiger partial charge is 0.487 e. The topological polar surface area (TPSA) is 38.7 Å². The van der Waals surface area contributed by atoms with Gasteiger partial charge in [0.15, 0.2) is 0 Å². The molecule has 0 aromatic heterocycles. The second-order valence-corrected chi connectivity index (χ2v) is 10.1. The lowest BCUT2D eigenvalue weighted by atomic mass is 9.71. The fraction of sp³-hybridized carbons (Fsp3) is 0.379. The summed E-state index contributed by atoms with van der Waals surface area (Å²) in [5, 5.41) is 11.3. The monoisotopic (exact) mass is 500 g/mol. The third-order valence-electron chi connectivity index (χ3n) is 7.25. The zero-order chi connectivity index (χ0) is 25.7. The molecule has 1 saturated carbocycles. The third-order valence-corrected chi connectivity index (χ3v) is 7.25. The maximum Gasteiger partial charge on any atom is 0.573 e. The first-order valence-corrected chi connectivity index (χ1v) is 12.2. The van der Waals surface area contributed by atoms with Crippen LogP contribution in [0.4, 0.5) is 17.6 Å². The van der Waals surface area contributed by atoms with E-state index in [4.69, 9.17) is 4.74 Å². The first-order valence-electron chi connectivity index (χ1n) is 12.2. The lowest BCUT2D eigenvalue weighted by Gasteiger charge is -2.47. The van der Waals surface area contributed by atoms with E-state index in [1.165, 1.54) is 24.3 Å². The second-order valence-electron chi connectivity index (χ2n) is 10.1. The molecule has 1 fully saturated rings. The lowest BCUT2D eigenvalue weighted by Crippen LogP contribution is -2.47. The highest BCUT2D eigenvalue weighted by Crippen LogP contribution is 2.53. The highest BCUT2D eigenvalue weighted by molar-refractivity contribution is 5.77. The van der Waals surface area contributed by atoms with Gasteiger partial charge < -0.3 is 14.6 Å². The molecule has 0 amide bonds. The number of hydrogen-bond acceptors (Lipinski definition) is 3. The fourth-order valence-corrected chi connectivity index (χ4v) is 5.42. The average Bonchev–Trinajstić information content (AvgIpc) is 2.78. The van der Waals surface area contributed by atoms with Crippen molar-refractivity contribution in [2.75, 3.05) is 0 Å². The van der Waals surface area contributed by atoms with Crippen LogP contribution in [0.1, 0.15) is 73.8 Å². The van der Waals surface area contributed by atoms with E-state index in [2.05, 4.69) is 18.6 Å². The molecule has 2 aliphatic rings. The van der Waals surface area contributed by atoms with Gasteiger partial charge in [-0.25, -0.2) is 4.39 Å². The molecule has 7 heteroatoms. The zero-order valence-electron chi connectivity index (χ0n) is 20.2. The Bertz CT molecular complexity index is 1240. The van der Waals surface area contributed by atoms with Gasteiger partial charge in [-0.1, -0.05) is 38.1 Å². The highest BCUT2D eigenvalue weighted by atomic mass is 19.4. The maximum atomic E-state index is 13.8. The standard InChI is InChI=1S/C29H28F4O3/c1-17(2)22-15-25-27(24(34)16-28(36-25)12-3-13-28)26(19-6-8-20(30)9-7-19)23(22)14-18-4-10-21(11-5-18)35-29(31,32)33/h4-11,15,17,24,34H,3,12-14,16H2,1-2H3/t24-/m0/s1. The number of halogens is 4. The summed E-state index contributed by atoms with van der Waals surface area (Å²) in [7, 11) is 0. The molecule has 0 unspecified atom stereocenters. The molecule has 1 spiro atoms. The van der Waals surface area contributed by atoms with Gasteiger partial charge in [0, 0.05) is 12.0 Å². The molecule has 0 bridgehead atoms. The van der Waals surface area contributed by atoms with Crippen LogP contribution < -0.4 is 9.47 Å². The maximum absolute atomic E-state index is 13.8. The van der Waals surface area contributed by atoms with Crippen LogP contribution in [0.3, 0.4) is 0 Å². The Hall–Kier alpha value is -3.06. The van der Waals surface area contributed by atoms with E-state index in [0.717, 1.165) is 47.1 Å². The van der Waals surface area contributed by atoms with Crippen molar-refractivity contribution in [2.45, 2.75) is 69.9 Å². The van der Waals surface area contributed by atoms with E-state index < -0.39 is 12.5 Å². The minimum absolute atomic E-state index is 0.109. The number of aliphatic hydroxyl groups excluding tert-OH is 1. The number of ether oxygens (including phenoxy) is 2. The number of rotatable bonds is 5. The number of hydrogen-bond donors (Lipinski definition) is 1. The van der Waals surface area contributed by atoms with Crippen molar-refractivity contribution in [3.8, 4) is 22.6 Å². The van der Waals surface area contributed by atoms with Gasteiger partial charge in [0.05, 0.1) is 6.10 Å². The molecule has 36 heavy (non-hydrogen) atoms. The highest BCUT2D eigenvalue weighted by Gasteiger charge is 2.46. The predicted octanol–water partition coefficient (Wildman–Crippen LogP) is 7.84. The SMILES string of the molecule is CC(C)c1cc2c(c(-c3ccc(F)cc3)c1Cc1ccc(OC(F)(F)F)cc1)[C@@H](O)CC1(CCC1)O2. The number of alkyl halides is 3. The van der Waals surface area contributed by atoms with Crippen molar-refractivity contribution < 1.29 is 32.1 Å². The van der Waals surface area contributed by atoms with E-state index in [0.29, 0.717) is 24.2 Å². The Morgan fingerprint density at radius 1 is 1.06 bits per heavy atom. The minimum atomic E-state index is -4.76. The van der Waals surface area contributed by atoms with Gasteiger partial charge in [-0.2, -0.15) is 0 Å². The van der Waals surface area contributed by atoms with Crippen LogP contribution in [0, 0.1) is 5.82 Å². The van der Waals surface area contributed by atoms with Crippen molar-refractivity contribution in [2.24, 2.45) is 0 Å². The first kappa shape index (κ1) is 24.6. The molecule has 1 N–H and O–H groups in total. The van der Waals surface area contributed by atoms with Crippen molar-refractivity contribution >= 4 is 0 Å². The summed E-state index contributed by atoms with van der Waals surface area (Å²) >= 11 is 0. The van der Waals surface area contributed by atoms with E-state index in [-0.39, 0.29) is 23.1 Å². The summed E-state index contributed by atoms with van der Waals surface area (Å²) < 4.78 is 62.1. The Kier molecular flexibility index (Phi) is 6.23. The molecule has 1 atom stereocenters. The summed E-state index contributed by atoms with van der Waals surface area (Å²) in [4.78, 5) is 0. The molecule has 0 radical (unpaired) electrons. The van der Waals surface area contributed by atoms with Crippen LogP contribution in [-0.2, 0) is 6.42 Å². The molecule has 5 rings (SSSR count). The Labute approximate surface area is 207 Å². The normalized spacial score (nSPS) is 18.5. The second kappa shape index (κ2) is 9.11. The van der Waals surface area contributed by atoms with Gasteiger partial charge >= 0.3 is 6.36 Å². The third kappa shape index (κ3) is 4.81. The summed E-state index contributed by atoms with van der Waals surface area (Å²) in [5.74, 6) is 0.125. The summed E-state index contributed by atoms with van der Waals surface area (Å²) in [6, 6.07) is 14.0. The summed E-state index contributed by atoms with van der Waals surface area (Å²) in [6.45, 7) is 4.14. The van der Waals surface area contributed by atoms with Gasteiger partial charge in [-0.3, -0.25) is 0 Å². The number of benzene rings is 3. The molecule has 1 heterocycles. The minimum Gasteiger partial charge on any atom is -0.487 e. The molecule has 190 valence electrons. The van der Waals surface area contributed by atoms with Crippen LogP contribution in [0.15, 0.2) is 54.6 Å². The van der Waals surface area contributed by atoms with E-state index in [1.807, 2.05) is 6.07 Å². The summed E-state index contributed by atoms with van der Waals surface area (Å²) in [6.07, 6.45) is -1.71. The average molecular weight is 501 g/mol. The Morgan fingerprint density at radius 2 is 1.72 bits per heavy atom. The molecule has 3 aromatic rings. The van der Waals surface area contributed by atoms with Gasteiger partial charge in [0.25, 0.3) is 0 Å². The van der Waals surface area contributed by atoms with Gasteiger partial charge in [-0.15, -0.1) is 13.2 Å². The van der Waals surface area contributed by atoms with Crippen molar-refractivity contribution in [1.29, 1.82) is 0 Å². The van der Waals surface area contributed by atoms with E-state index in [9.17, 15) is 22.7 Å². The molecule has 3 nitrogen and oxygen atoms in total. The van der Waals surface area contributed by atoms with Gasteiger partial charge in [-0.05, 0) is 89.8 Å². The molecule has 3 aromatic carbocycles. The zero-order valence-corrected chi connectivity index (χ0v) is 20.2. The Balaban J connectivity index is 1.64. The fourth-order valence-electron chi connectivity index (χ4n) is 5.42. The van der Waals surface area contributed by atoms with Crippen LogP contribution >= 0.6 is 0 Å². The first-order chi connectivity index (χ1) is 17.0. The largest absolute Gasteiger partial charge is 0.573 e. The Morgan fingerprint density at radius 3 is 2.28 bits per heavy atom. The van der Waals surface area contributed by atoms with Crippen LogP contribution in [0.25, 0.3) is 11.1 Å². The quantitative estimate of drug-likeness (QED) is 0.363. The number of aliphatic hydroxyl groups is 1. The van der Waals surface area contributed by atoms with Crippen molar-refractivity contribution in [1.82, 2.24) is 0 Å². The van der Waals surface area contributed by atoms with Crippen LogP contribution in [-0.4, -0.2) is 17.1 Å². The van der Waals surface area contributed by atoms with Crippen LogP contribution in [0.2, 0.25) is 0 Å².